The highest BCUT2D eigenvalue weighted by molar-refractivity contribution is 6.34. The predicted molar refractivity (Wildman–Crippen MR) is 296 cm³/mol. The van der Waals surface area contributed by atoms with Gasteiger partial charge in [0.2, 0.25) is 17.7 Å². The SMILES string of the molecule is COc1cc2c(cc1-c1cccc(NC(=O)CCC(=O)NC3CCN(C(=O)CN4CCN(CC(=O)O)CCN(CC(=O)O)CCN(CC(=O)O)CC4)CC3)c1)-c1c(c(C(=O)N3CCOCC3(C)C)nn1-c1cc(Cl)cc(Cl)c1)CO2. The van der Waals surface area contributed by atoms with Crippen molar-refractivity contribution < 1.29 is 63.1 Å². The molecule has 4 amide bonds. The molecule has 0 radical (unpaired) electrons. The second-order valence-corrected chi connectivity index (χ2v) is 21.9. The molecule has 0 bridgehead atoms. The van der Waals surface area contributed by atoms with Crippen LogP contribution in [-0.4, -0.2) is 226 Å². The summed E-state index contributed by atoms with van der Waals surface area (Å²) in [4.78, 5) is 100. The van der Waals surface area contributed by atoms with Crippen LogP contribution in [0, 0.1) is 0 Å². The number of amides is 4. The van der Waals surface area contributed by atoms with Crippen LogP contribution >= 0.6 is 23.2 Å². The summed E-state index contributed by atoms with van der Waals surface area (Å²) in [6.07, 6.45) is 0.811. The monoisotopic (exact) mass is 1150 g/mol. The van der Waals surface area contributed by atoms with E-state index in [1.54, 1.807) is 78.8 Å². The third-order valence-corrected chi connectivity index (χ3v) is 15.1. The van der Waals surface area contributed by atoms with Crippen molar-refractivity contribution in [1.29, 1.82) is 0 Å². The summed E-state index contributed by atoms with van der Waals surface area (Å²) in [5.41, 5.74) is 3.81. The summed E-state index contributed by atoms with van der Waals surface area (Å²) in [5.74, 6) is -3.23. The molecule has 4 aliphatic rings. The Bertz CT molecular complexity index is 2910. The zero-order valence-corrected chi connectivity index (χ0v) is 46.6. The zero-order chi connectivity index (χ0) is 57.3. The summed E-state index contributed by atoms with van der Waals surface area (Å²) >= 11 is 13.0. The van der Waals surface area contributed by atoms with Crippen LogP contribution in [0.25, 0.3) is 28.1 Å². The van der Waals surface area contributed by atoms with Crippen LogP contribution in [0.1, 0.15) is 55.6 Å². The largest absolute Gasteiger partial charge is 0.496 e. The van der Waals surface area contributed by atoms with Gasteiger partial charge in [-0.05, 0) is 68.7 Å². The van der Waals surface area contributed by atoms with Gasteiger partial charge in [-0.3, -0.25) is 53.2 Å². The van der Waals surface area contributed by atoms with Crippen LogP contribution in [0.2, 0.25) is 10.0 Å². The number of hydrogen-bond donors (Lipinski definition) is 5. The number of anilines is 1. The summed E-state index contributed by atoms with van der Waals surface area (Å²) in [5, 5.41) is 40.2. The summed E-state index contributed by atoms with van der Waals surface area (Å²) in [6.45, 7) is 7.35. The number of halogens is 2. The van der Waals surface area contributed by atoms with Crippen LogP contribution in [0.4, 0.5) is 5.69 Å². The number of rotatable bonds is 17. The Morgan fingerprint density at radius 1 is 0.713 bits per heavy atom. The predicted octanol–water partition coefficient (Wildman–Crippen LogP) is 3.97. The molecular formula is C55H68Cl2N10O13. The van der Waals surface area contributed by atoms with Gasteiger partial charge in [0.15, 0.2) is 5.69 Å². The van der Waals surface area contributed by atoms with Crippen molar-refractivity contribution >= 4 is 70.4 Å². The molecule has 0 unspecified atom stereocenters. The first-order valence-corrected chi connectivity index (χ1v) is 27.3. The van der Waals surface area contributed by atoms with Crippen LogP contribution < -0.4 is 20.1 Å². The van der Waals surface area contributed by atoms with Gasteiger partial charge in [-0.1, -0.05) is 35.3 Å². The van der Waals surface area contributed by atoms with E-state index in [0.29, 0.717) is 133 Å². The fourth-order valence-electron chi connectivity index (χ4n) is 10.5. The van der Waals surface area contributed by atoms with Gasteiger partial charge in [0.05, 0.1) is 63.4 Å². The molecule has 0 saturated carbocycles. The molecule has 8 rings (SSSR count). The number of nitrogens with one attached hydrogen (secondary N) is 2. The number of methoxy groups -OCH3 is 1. The number of morpholine rings is 1. The van der Waals surface area contributed by atoms with E-state index in [0.717, 1.165) is 0 Å². The molecule has 25 heteroatoms. The molecule has 4 aliphatic heterocycles. The van der Waals surface area contributed by atoms with Gasteiger partial charge < -0.3 is 50.0 Å². The van der Waals surface area contributed by atoms with Crippen molar-refractivity contribution in [1.82, 2.24) is 44.5 Å². The molecule has 5 heterocycles. The number of fused-ring (bicyclic) bond motifs is 3. The summed E-state index contributed by atoms with van der Waals surface area (Å²) in [6, 6.07) is 15.7. The second-order valence-electron chi connectivity index (χ2n) is 21.0. The number of carbonyl (C=O) groups excluding carboxylic acids is 4. The number of aromatic nitrogens is 2. The highest BCUT2D eigenvalue weighted by atomic mass is 35.5. The maximum Gasteiger partial charge on any atom is 0.317 e. The summed E-state index contributed by atoms with van der Waals surface area (Å²) in [7, 11) is 1.55. The zero-order valence-electron chi connectivity index (χ0n) is 45.1. The number of carbonyl (C=O) groups is 7. The van der Waals surface area contributed by atoms with E-state index in [-0.39, 0.29) is 107 Å². The number of carboxylic acids is 3. The molecule has 1 aromatic heterocycles. The Labute approximate surface area is 473 Å². The molecule has 5 N–H and O–H groups in total. The topological polar surface area (TPSA) is 269 Å². The molecule has 23 nitrogen and oxygen atoms in total. The first kappa shape index (κ1) is 59.3. The van der Waals surface area contributed by atoms with Crippen molar-refractivity contribution in [3.63, 3.8) is 0 Å². The lowest BCUT2D eigenvalue weighted by atomic mass is 9.95. The second kappa shape index (κ2) is 26.6. The molecule has 0 atom stereocenters. The van der Waals surface area contributed by atoms with Crippen LogP contribution in [-0.2, 0) is 40.1 Å². The number of piperidine rings is 1. The van der Waals surface area contributed by atoms with Crippen molar-refractivity contribution in [3.05, 3.63) is 75.9 Å². The minimum atomic E-state index is -1.04. The number of nitrogens with zero attached hydrogens (tertiary/aromatic N) is 8. The molecule has 3 aromatic carbocycles. The minimum Gasteiger partial charge on any atom is -0.496 e. The normalized spacial score (nSPS) is 17.9. The molecule has 430 valence electrons. The van der Waals surface area contributed by atoms with Crippen molar-refractivity contribution in [2.45, 2.75) is 57.7 Å². The van der Waals surface area contributed by atoms with Gasteiger partial charge in [0, 0.05) is 129 Å². The smallest absolute Gasteiger partial charge is 0.317 e. The van der Waals surface area contributed by atoms with Gasteiger partial charge >= 0.3 is 17.9 Å². The van der Waals surface area contributed by atoms with Crippen LogP contribution in [0.3, 0.4) is 0 Å². The Morgan fingerprint density at radius 2 is 1.29 bits per heavy atom. The van der Waals surface area contributed by atoms with E-state index in [9.17, 15) is 48.9 Å². The first-order valence-electron chi connectivity index (χ1n) is 26.6. The quantitative estimate of drug-likeness (QED) is 0.100. The van der Waals surface area contributed by atoms with Crippen molar-refractivity contribution in [2.24, 2.45) is 0 Å². The maximum absolute atomic E-state index is 14.4. The highest BCUT2D eigenvalue weighted by Gasteiger charge is 2.40. The van der Waals surface area contributed by atoms with Crippen molar-refractivity contribution in [2.75, 3.05) is 124 Å². The van der Waals surface area contributed by atoms with E-state index in [4.69, 9.17) is 42.5 Å². The Balaban J connectivity index is 0.877. The lowest BCUT2D eigenvalue weighted by molar-refractivity contribution is -0.141. The standard InChI is InChI=1S/C55H68Cl2N10O13/c1-55(2)34-79-22-21-66(55)54(77)52-43-33-80-45-28-44(78-3)41(27-42(45)53(43)67(60-52)40-25-36(56)24-37(57)26-40)35-5-4-6-39(23-35)59-47(69)8-7-46(68)58-38-9-11-65(12-10-38)48(70)29-61-13-15-62(30-49(71)72)17-19-64(32-51(75)76)20-18-63(16-14-61)31-50(73)74/h4-6,23-28,38H,7-22,29-34H2,1-3H3,(H,58,68)(H,59,69)(H,71,72)(H,73,74)(H,75,76). The van der Waals surface area contributed by atoms with E-state index in [2.05, 4.69) is 10.6 Å². The number of hydrogen-bond acceptors (Lipinski definition) is 15. The van der Waals surface area contributed by atoms with Crippen molar-refractivity contribution in [3.8, 4) is 39.6 Å². The van der Waals surface area contributed by atoms with Crippen LogP contribution in [0.15, 0.2) is 54.6 Å². The summed E-state index contributed by atoms with van der Waals surface area (Å²) < 4.78 is 19.6. The number of benzene rings is 3. The van der Waals surface area contributed by atoms with Gasteiger partial charge in [0.25, 0.3) is 5.91 Å². The number of ether oxygens (including phenoxy) is 3. The fourth-order valence-corrected chi connectivity index (χ4v) is 11.0. The van der Waals surface area contributed by atoms with Gasteiger partial charge in [-0.2, -0.15) is 5.10 Å². The van der Waals surface area contributed by atoms with Crippen LogP contribution in [0.5, 0.6) is 11.5 Å². The third-order valence-electron chi connectivity index (χ3n) is 14.7. The molecular weight excluding hydrogens is 1080 g/mol. The lowest BCUT2D eigenvalue weighted by Gasteiger charge is -2.41. The maximum atomic E-state index is 14.4. The molecule has 3 saturated heterocycles. The van der Waals surface area contributed by atoms with E-state index >= 15 is 0 Å². The van der Waals surface area contributed by atoms with Gasteiger partial charge in [-0.25, -0.2) is 4.68 Å². The Morgan fingerprint density at radius 3 is 1.85 bits per heavy atom. The molecule has 4 aromatic rings. The van der Waals surface area contributed by atoms with Gasteiger partial charge in [-0.15, -0.1) is 0 Å². The van der Waals surface area contributed by atoms with E-state index in [1.165, 1.54) is 0 Å². The number of aliphatic carboxylic acids is 3. The first-order chi connectivity index (χ1) is 38.2. The Hall–Kier alpha value is -6.86. The fraction of sp³-hybridized carbons (Fsp3) is 0.491. The van der Waals surface area contributed by atoms with Gasteiger partial charge in [0.1, 0.15) is 18.1 Å². The molecule has 0 spiro atoms. The highest BCUT2D eigenvalue weighted by Crippen LogP contribution is 2.47. The average Bonchev–Trinajstić information content (AvgIpc) is 3.88. The molecule has 3 fully saturated rings. The average molecular weight is 1150 g/mol. The van der Waals surface area contributed by atoms with E-state index < -0.39 is 23.4 Å². The number of carboxylic acid groups (broad SMARTS) is 3. The molecule has 0 aliphatic carbocycles. The lowest BCUT2D eigenvalue weighted by Crippen LogP contribution is -2.55. The van der Waals surface area contributed by atoms with E-state index in [1.807, 2.05) is 30.9 Å². The minimum absolute atomic E-state index is 0.0187. The Kier molecular flexibility index (Phi) is 19.7. The molecule has 80 heavy (non-hydrogen) atoms. The number of likely N-dealkylation sites (tertiary alicyclic amines) is 1. The third kappa shape index (κ3) is 15.3.